The van der Waals surface area contributed by atoms with Crippen molar-refractivity contribution < 1.29 is 19.4 Å². The zero-order valence-corrected chi connectivity index (χ0v) is 22.0. The summed E-state index contributed by atoms with van der Waals surface area (Å²) in [5.41, 5.74) is 0. The molecule has 1 aliphatic heterocycles. The normalized spacial score (nSPS) is 16.2. The van der Waals surface area contributed by atoms with E-state index in [4.69, 9.17) is 4.74 Å². The molecule has 0 saturated heterocycles. The van der Waals surface area contributed by atoms with Crippen molar-refractivity contribution in [3.63, 3.8) is 0 Å². The van der Waals surface area contributed by atoms with Crippen LogP contribution in [0.3, 0.4) is 0 Å². The Morgan fingerprint density at radius 3 is 1.94 bits per heavy atom. The summed E-state index contributed by atoms with van der Waals surface area (Å²) in [5, 5.41) is 19.6. The van der Waals surface area contributed by atoms with Gasteiger partial charge in [0.25, 0.3) is 0 Å². The Bertz CT molecular complexity index is 556. The third-order valence-electron chi connectivity index (χ3n) is 6.61. The molecule has 1 aliphatic rings. The molecule has 0 fully saturated rings. The molecule has 1 heterocycles. The average molecular weight is 482 g/mol. The van der Waals surface area contributed by atoms with Gasteiger partial charge in [0.2, 0.25) is 0 Å². The molecular formula is C27H51N3O4. The number of ether oxygens (including phenoxy) is 1. The minimum atomic E-state index is -0.945. The Balaban J connectivity index is 2.16. The first-order chi connectivity index (χ1) is 16.6. The number of carboxylic acids is 1. The zero-order chi connectivity index (χ0) is 24.9. The summed E-state index contributed by atoms with van der Waals surface area (Å²) >= 11 is 0. The maximum Gasteiger partial charge on any atom is 0.309 e. The van der Waals surface area contributed by atoms with Crippen molar-refractivity contribution in [3.05, 3.63) is 0 Å². The smallest absolute Gasteiger partial charge is 0.309 e. The summed E-state index contributed by atoms with van der Waals surface area (Å²) in [4.78, 5) is 23.8. The molecule has 0 aromatic heterocycles. The maximum atomic E-state index is 12.5. The average Bonchev–Trinajstić information content (AvgIpc) is 3.27. The highest BCUT2D eigenvalue weighted by atomic mass is 16.5. The van der Waals surface area contributed by atoms with Crippen LogP contribution in [0.2, 0.25) is 0 Å². The molecule has 1 N–H and O–H groups in total. The third-order valence-corrected chi connectivity index (χ3v) is 6.61. The van der Waals surface area contributed by atoms with Crippen LogP contribution in [0, 0.1) is 5.92 Å². The number of aliphatic carboxylic acids is 1. The Morgan fingerprint density at radius 1 is 0.853 bits per heavy atom. The van der Waals surface area contributed by atoms with Crippen molar-refractivity contribution in [1.29, 1.82) is 0 Å². The first-order valence-corrected chi connectivity index (χ1v) is 14.1. The molecule has 0 amide bonds. The Morgan fingerprint density at radius 2 is 1.38 bits per heavy atom. The van der Waals surface area contributed by atoms with E-state index in [0.29, 0.717) is 13.0 Å². The zero-order valence-electron chi connectivity index (χ0n) is 22.0. The van der Waals surface area contributed by atoms with Gasteiger partial charge in [0.1, 0.15) is 12.6 Å². The van der Waals surface area contributed by atoms with Crippen molar-refractivity contribution in [2.24, 2.45) is 16.3 Å². The van der Waals surface area contributed by atoms with Gasteiger partial charge in [-0.3, -0.25) is 14.6 Å². The molecule has 0 saturated carbocycles. The lowest BCUT2D eigenvalue weighted by molar-refractivity contribution is -0.153. The van der Waals surface area contributed by atoms with Crippen LogP contribution in [-0.4, -0.2) is 47.8 Å². The van der Waals surface area contributed by atoms with E-state index in [9.17, 15) is 14.7 Å². The molecule has 0 spiro atoms. The minimum Gasteiger partial charge on any atom is -0.481 e. The summed E-state index contributed by atoms with van der Waals surface area (Å²) in [6.07, 6.45) is 20.0. The first kappa shape index (κ1) is 30.4. The van der Waals surface area contributed by atoms with Gasteiger partial charge in [0.15, 0.2) is 0 Å². The molecule has 2 atom stereocenters. The predicted octanol–water partition coefficient (Wildman–Crippen LogP) is 7.34. The predicted molar refractivity (Wildman–Crippen MR) is 137 cm³/mol. The fourth-order valence-corrected chi connectivity index (χ4v) is 4.45. The van der Waals surface area contributed by atoms with Crippen molar-refractivity contribution in [3.8, 4) is 0 Å². The third kappa shape index (κ3) is 16.0. The van der Waals surface area contributed by atoms with E-state index in [0.717, 1.165) is 32.2 Å². The summed E-state index contributed by atoms with van der Waals surface area (Å²) < 4.78 is 5.47. The molecule has 0 aromatic carbocycles. The number of rotatable bonds is 23. The van der Waals surface area contributed by atoms with Crippen LogP contribution in [0.15, 0.2) is 10.3 Å². The van der Waals surface area contributed by atoms with Gasteiger partial charge in [-0.2, -0.15) is 5.11 Å². The number of hydrogen-bond donors (Lipinski definition) is 1. The Kier molecular flexibility index (Phi) is 18.5. The fraction of sp³-hybridized carbons (Fsp3) is 0.926. The number of carbonyl (C=O) groups excluding carboxylic acids is 1. The number of esters is 1. The minimum absolute atomic E-state index is 0.146. The molecule has 7 heteroatoms. The molecule has 0 aromatic rings. The molecule has 198 valence electrons. The molecule has 0 bridgehead atoms. The van der Waals surface area contributed by atoms with Crippen molar-refractivity contribution in [2.45, 2.75) is 135 Å². The van der Waals surface area contributed by atoms with Crippen LogP contribution in [0.1, 0.15) is 129 Å². The van der Waals surface area contributed by atoms with E-state index in [2.05, 4.69) is 24.2 Å². The van der Waals surface area contributed by atoms with Crippen molar-refractivity contribution in [1.82, 2.24) is 5.01 Å². The van der Waals surface area contributed by atoms with E-state index in [-0.39, 0.29) is 19.1 Å². The van der Waals surface area contributed by atoms with Gasteiger partial charge in [-0.15, -0.1) is 0 Å². The second-order valence-corrected chi connectivity index (χ2v) is 9.93. The largest absolute Gasteiger partial charge is 0.481 e. The first-order valence-electron chi connectivity index (χ1n) is 14.1. The molecule has 2 unspecified atom stereocenters. The monoisotopic (exact) mass is 481 g/mol. The SMILES string of the molecule is CCCCCCCCCCCCC(CC(=O)O)C(=O)OCC1CN(CCCCCCCC)N=N1. The highest BCUT2D eigenvalue weighted by molar-refractivity contribution is 5.79. The highest BCUT2D eigenvalue weighted by Crippen LogP contribution is 2.19. The van der Waals surface area contributed by atoms with E-state index in [1.54, 1.807) is 0 Å². The quantitative estimate of drug-likeness (QED) is 0.122. The van der Waals surface area contributed by atoms with Crippen LogP contribution >= 0.6 is 0 Å². The Hall–Kier alpha value is -1.66. The maximum absolute atomic E-state index is 12.5. The number of hydrogen-bond acceptors (Lipinski definition) is 6. The van der Waals surface area contributed by atoms with Gasteiger partial charge < -0.3 is 9.84 Å². The van der Waals surface area contributed by atoms with E-state index in [1.807, 2.05) is 5.01 Å². The molecule has 0 radical (unpaired) electrons. The fourth-order valence-electron chi connectivity index (χ4n) is 4.45. The Labute approximate surface area is 208 Å². The van der Waals surface area contributed by atoms with Gasteiger partial charge in [0, 0.05) is 6.54 Å². The van der Waals surface area contributed by atoms with Gasteiger partial charge in [-0.05, 0) is 12.8 Å². The second-order valence-electron chi connectivity index (χ2n) is 9.93. The second kappa shape index (κ2) is 20.7. The number of carbonyl (C=O) groups is 2. The van der Waals surface area contributed by atoms with Crippen LogP contribution < -0.4 is 0 Å². The van der Waals surface area contributed by atoms with Crippen LogP contribution in [0.4, 0.5) is 0 Å². The molecule has 0 aliphatic carbocycles. The van der Waals surface area contributed by atoms with Crippen LogP contribution in [-0.2, 0) is 14.3 Å². The van der Waals surface area contributed by atoms with Gasteiger partial charge in [0.05, 0.1) is 18.9 Å². The van der Waals surface area contributed by atoms with E-state index < -0.39 is 17.9 Å². The van der Waals surface area contributed by atoms with Gasteiger partial charge in [-0.25, -0.2) is 0 Å². The summed E-state index contributed by atoms with van der Waals surface area (Å²) in [6, 6.07) is -0.146. The summed E-state index contributed by atoms with van der Waals surface area (Å²) in [7, 11) is 0. The topological polar surface area (TPSA) is 91.6 Å². The summed E-state index contributed by atoms with van der Waals surface area (Å²) in [6.45, 7) is 6.20. The van der Waals surface area contributed by atoms with Crippen LogP contribution in [0.5, 0.6) is 0 Å². The highest BCUT2D eigenvalue weighted by Gasteiger charge is 2.26. The van der Waals surface area contributed by atoms with E-state index in [1.165, 1.54) is 77.0 Å². The standard InChI is InChI=1S/C27H51N3O4/c1-3-5-7-9-11-12-13-14-15-17-19-24(21-26(31)32)27(33)34-23-25-22-30(29-28-25)20-18-16-10-8-6-4-2/h24-25H,3-23H2,1-2H3,(H,31,32). The van der Waals surface area contributed by atoms with Crippen molar-refractivity contribution >= 4 is 11.9 Å². The van der Waals surface area contributed by atoms with Gasteiger partial charge in [-0.1, -0.05) is 115 Å². The van der Waals surface area contributed by atoms with Crippen LogP contribution in [0.25, 0.3) is 0 Å². The molecule has 7 nitrogen and oxygen atoms in total. The number of nitrogens with zero attached hydrogens (tertiary/aromatic N) is 3. The lowest BCUT2D eigenvalue weighted by Gasteiger charge is -2.16. The molecule has 34 heavy (non-hydrogen) atoms. The summed E-state index contributed by atoms with van der Waals surface area (Å²) in [5.74, 6) is -1.91. The molecular weight excluding hydrogens is 430 g/mol. The molecule has 1 rings (SSSR count). The lowest BCUT2D eigenvalue weighted by atomic mass is 9.97. The number of unbranched alkanes of at least 4 members (excludes halogenated alkanes) is 14. The number of carboxylic acid groups (broad SMARTS) is 1. The van der Waals surface area contributed by atoms with Crippen molar-refractivity contribution in [2.75, 3.05) is 19.7 Å². The van der Waals surface area contributed by atoms with Gasteiger partial charge >= 0.3 is 11.9 Å². The lowest BCUT2D eigenvalue weighted by Crippen LogP contribution is -2.28. The van der Waals surface area contributed by atoms with E-state index >= 15 is 0 Å².